The number of fused-ring (bicyclic) bond motifs is 1. The number of hydrogen-bond acceptors (Lipinski definition) is 6. The van der Waals surface area contributed by atoms with E-state index in [0.717, 1.165) is 15.8 Å². The lowest BCUT2D eigenvalue weighted by Gasteiger charge is -2.37. The first kappa shape index (κ1) is 23.4. The van der Waals surface area contributed by atoms with Gasteiger partial charge in [0.2, 0.25) is 5.88 Å². The third kappa shape index (κ3) is 4.50. The lowest BCUT2D eigenvalue weighted by Crippen LogP contribution is -2.47. The van der Waals surface area contributed by atoms with E-state index in [9.17, 15) is 22.8 Å². The van der Waals surface area contributed by atoms with Crippen LogP contribution >= 0.6 is 0 Å². The summed E-state index contributed by atoms with van der Waals surface area (Å²) in [4.78, 5) is 32.8. The van der Waals surface area contributed by atoms with Crippen molar-refractivity contribution in [2.45, 2.75) is 25.1 Å². The third-order valence-corrected chi connectivity index (χ3v) is 6.00. The van der Waals surface area contributed by atoms with Crippen LogP contribution in [0.2, 0.25) is 0 Å². The molecule has 34 heavy (non-hydrogen) atoms. The van der Waals surface area contributed by atoms with Crippen LogP contribution in [0, 0.1) is 0 Å². The Balaban J connectivity index is 1.42. The fraction of sp³-hybridized carbons (Fsp3) is 0.429. The van der Waals surface area contributed by atoms with Gasteiger partial charge in [0.1, 0.15) is 11.2 Å². The maximum Gasteiger partial charge on any atom is 0.417 e. The number of carbonyl (C=O) groups excluding carboxylic acids is 1. The average molecular weight is 479 g/mol. The fourth-order valence-corrected chi connectivity index (χ4v) is 4.02. The summed E-state index contributed by atoms with van der Waals surface area (Å²) < 4.78 is 46.9. The van der Waals surface area contributed by atoms with Gasteiger partial charge in [-0.3, -0.25) is 4.79 Å². The third-order valence-electron chi connectivity index (χ3n) is 6.00. The largest absolute Gasteiger partial charge is 0.480 e. The molecule has 0 spiro atoms. The lowest BCUT2D eigenvalue weighted by molar-refractivity contribution is -0.138. The van der Waals surface area contributed by atoms with Crippen LogP contribution in [0.15, 0.2) is 35.6 Å². The number of aryl methyl sites for hydroxylation is 1. The summed E-state index contributed by atoms with van der Waals surface area (Å²) in [7, 11) is 4.30. The van der Waals surface area contributed by atoms with E-state index in [-0.39, 0.29) is 6.04 Å². The minimum Gasteiger partial charge on any atom is -0.480 e. The van der Waals surface area contributed by atoms with Crippen LogP contribution in [-0.2, 0) is 13.2 Å². The molecule has 4 heterocycles. The van der Waals surface area contributed by atoms with Crippen LogP contribution in [0.5, 0.6) is 5.88 Å². The molecule has 3 aromatic heterocycles. The zero-order valence-electron chi connectivity index (χ0n) is 18.8. The Hall–Kier alpha value is -3.77. The Bertz CT molecular complexity index is 1260. The number of alkyl halides is 3. The van der Waals surface area contributed by atoms with Crippen molar-refractivity contribution in [1.29, 1.82) is 0 Å². The standard InChI is InChI=1S/C21H24F3N7O3/c1-28-11-13(21(22,23)24)8-15(19(28)32)27-20(33)29(2)14-4-6-30(7-5-14)16-10-26-31-12-18(34-3)25-9-17(16)31/h8-12,14H,4-7H2,1-3H3,(H,27,33). The molecule has 0 aliphatic carbocycles. The predicted molar refractivity (Wildman–Crippen MR) is 118 cm³/mol. The highest BCUT2D eigenvalue weighted by atomic mass is 19.4. The van der Waals surface area contributed by atoms with E-state index in [1.165, 1.54) is 19.1 Å². The topological polar surface area (TPSA) is 97.0 Å². The molecular weight excluding hydrogens is 455 g/mol. The molecular formula is C21H24F3N7O3. The number of anilines is 2. The number of nitrogens with zero attached hydrogens (tertiary/aromatic N) is 6. The Labute approximate surface area is 192 Å². The van der Waals surface area contributed by atoms with E-state index in [1.807, 2.05) is 0 Å². The van der Waals surface area contributed by atoms with Crippen LogP contribution in [-0.4, -0.2) is 63.4 Å². The van der Waals surface area contributed by atoms with E-state index < -0.39 is 29.0 Å². The average Bonchev–Trinajstić information content (AvgIpc) is 3.23. The van der Waals surface area contributed by atoms with Crippen molar-refractivity contribution >= 4 is 22.9 Å². The number of aromatic nitrogens is 4. The van der Waals surface area contributed by atoms with Crippen molar-refractivity contribution in [2.24, 2.45) is 7.05 Å². The van der Waals surface area contributed by atoms with Gasteiger partial charge in [-0.05, 0) is 18.9 Å². The van der Waals surface area contributed by atoms with Gasteiger partial charge in [0.25, 0.3) is 5.56 Å². The molecule has 2 amide bonds. The number of hydrogen-bond donors (Lipinski definition) is 1. The highest BCUT2D eigenvalue weighted by Crippen LogP contribution is 2.30. The van der Waals surface area contributed by atoms with E-state index in [2.05, 4.69) is 20.3 Å². The normalized spacial score (nSPS) is 14.9. The van der Waals surface area contributed by atoms with Gasteiger partial charge in [-0.1, -0.05) is 0 Å². The summed E-state index contributed by atoms with van der Waals surface area (Å²) in [5.74, 6) is 0.448. The first-order valence-electron chi connectivity index (χ1n) is 10.5. The predicted octanol–water partition coefficient (Wildman–Crippen LogP) is 2.59. The molecule has 10 nitrogen and oxygen atoms in total. The number of methoxy groups -OCH3 is 1. The van der Waals surface area contributed by atoms with Crippen molar-refractivity contribution in [1.82, 2.24) is 24.1 Å². The van der Waals surface area contributed by atoms with Crippen molar-refractivity contribution in [3.8, 4) is 5.88 Å². The van der Waals surface area contributed by atoms with Gasteiger partial charge in [0.05, 0.1) is 37.0 Å². The zero-order chi connectivity index (χ0) is 24.6. The van der Waals surface area contributed by atoms with Crippen LogP contribution in [0.1, 0.15) is 18.4 Å². The summed E-state index contributed by atoms with van der Waals surface area (Å²) in [6, 6.07) is -0.127. The fourth-order valence-electron chi connectivity index (χ4n) is 4.02. The van der Waals surface area contributed by atoms with Crippen LogP contribution in [0.3, 0.4) is 0 Å². The smallest absolute Gasteiger partial charge is 0.417 e. The second kappa shape index (κ2) is 8.88. The maximum absolute atomic E-state index is 13.1. The van der Waals surface area contributed by atoms with Gasteiger partial charge in [-0.15, -0.1) is 0 Å². The molecule has 0 saturated carbocycles. The quantitative estimate of drug-likeness (QED) is 0.618. The number of halogens is 3. The molecule has 3 aromatic rings. The van der Waals surface area contributed by atoms with Gasteiger partial charge in [0.15, 0.2) is 0 Å². The van der Waals surface area contributed by atoms with Crippen LogP contribution in [0.25, 0.3) is 5.52 Å². The summed E-state index contributed by atoms with van der Waals surface area (Å²) in [6.45, 7) is 1.28. The molecule has 1 aliphatic heterocycles. The molecule has 182 valence electrons. The first-order chi connectivity index (χ1) is 16.1. The number of amides is 2. The molecule has 4 rings (SSSR count). The number of rotatable bonds is 4. The molecule has 13 heteroatoms. The number of ether oxygens (including phenoxy) is 1. The Morgan fingerprint density at radius 3 is 2.59 bits per heavy atom. The Morgan fingerprint density at radius 1 is 1.24 bits per heavy atom. The number of pyridine rings is 1. The van der Waals surface area contributed by atoms with Gasteiger partial charge in [-0.2, -0.15) is 18.3 Å². The Kier molecular flexibility index (Phi) is 6.11. The highest BCUT2D eigenvalue weighted by Gasteiger charge is 2.33. The van der Waals surface area contributed by atoms with Crippen molar-refractivity contribution in [3.05, 3.63) is 46.8 Å². The minimum absolute atomic E-state index is 0.147. The summed E-state index contributed by atoms with van der Waals surface area (Å²) in [5.41, 5.74) is -0.413. The van der Waals surface area contributed by atoms with E-state index in [1.54, 1.807) is 30.2 Å². The molecule has 0 aromatic carbocycles. The minimum atomic E-state index is -4.64. The van der Waals surface area contributed by atoms with Crippen LogP contribution in [0.4, 0.5) is 29.3 Å². The SMILES string of the molecule is COc1cn2ncc(N3CCC(N(C)C(=O)Nc4cc(C(F)(F)F)cn(C)c4=O)CC3)c2cn1. The Morgan fingerprint density at radius 2 is 1.94 bits per heavy atom. The highest BCUT2D eigenvalue weighted by molar-refractivity contribution is 5.89. The number of urea groups is 1. The number of piperidine rings is 1. The van der Waals surface area contributed by atoms with Gasteiger partial charge in [-0.25, -0.2) is 14.3 Å². The van der Waals surface area contributed by atoms with Gasteiger partial charge in [0, 0.05) is 39.4 Å². The molecule has 1 aliphatic rings. The van der Waals surface area contributed by atoms with Crippen LogP contribution < -0.4 is 20.5 Å². The number of nitrogens with one attached hydrogen (secondary N) is 1. The molecule has 1 saturated heterocycles. The van der Waals surface area contributed by atoms with Gasteiger partial charge >= 0.3 is 12.2 Å². The number of carbonyl (C=O) groups is 1. The molecule has 0 atom stereocenters. The molecule has 0 bridgehead atoms. The molecule has 0 radical (unpaired) electrons. The second-order valence-corrected chi connectivity index (χ2v) is 8.10. The maximum atomic E-state index is 13.1. The van der Waals surface area contributed by atoms with E-state index >= 15 is 0 Å². The van der Waals surface area contributed by atoms with Gasteiger partial charge < -0.3 is 24.4 Å². The second-order valence-electron chi connectivity index (χ2n) is 8.10. The van der Waals surface area contributed by atoms with E-state index in [4.69, 9.17) is 4.74 Å². The van der Waals surface area contributed by atoms with Crippen molar-refractivity contribution < 1.29 is 22.7 Å². The van der Waals surface area contributed by atoms with Crippen molar-refractivity contribution in [2.75, 3.05) is 37.5 Å². The molecule has 0 unspecified atom stereocenters. The summed E-state index contributed by atoms with van der Waals surface area (Å²) in [5, 5.41) is 6.68. The monoisotopic (exact) mass is 479 g/mol. The lowest BCUT2D eigenvalue weighted by atomic mass is 10.0. The molecule has 1 fully saturated rings. The first-order valence-corrected chi connectivity index (χ1v) is 10.5. The summed E-state index contributed by atoms with van der Waals surface area (Å²) in [6.07, 6.45) is 2.43. The molecule has 1 N–H and O–H groups in total. The van der Waals surface area contributed by atoms with E-state index in [0.29, 0.717) is 44.1 Å². The zero-order valence-corrected chi connectivity index (χ0v) is 18.8. The van der Waals surface area contributed by atoms with Crippen molar-refractivity contribution in [3.63, 3.8) is 0 Å². The summed E-state index contributed by atoms with van der Waals surface area (Å²) >= 11 is 0.